The van der Waals surface area contributed by atoms with Crippen molar-refractivity contribution in [2.45, 2.75) is 65.7 Å². The molecule has 0 aromatic heterocycles. The van der Waals surface area contributed by atoms with E-state index in [4.69, 9.17) is 0 Å². The Hall–Kier alpha value is 0. The lowest BCUT2D eigenvalue weighted by Gasteiger charge is -2.42. The number of hydrogen-bond donors (Lipinski definition) is 0. The minimum absolute atomic E-state index is 0.551. The van der Waals surface area contributed by atoms with Gasteiger partial charge in [0.1, 0.15) is 0 Å². The summed E-state index contributed by atoms with van der Waals surface area (Å²) in [6.45, 7) is 7.21. The van der Waals surface area contributed by atoms with Gasteiger partial charge in [-0.3, -0.25) is 0 Å². The summed E-state index contributed by atoms with van der Waals surface area (Å²) in [6.07, 6.45) is 10.7. The zero-order valence-corrected chi connectivity index (χ0v) is 10.2. The van der Waals surface area contributed by atoms with E-state index >= 15 is 0 Å². The molecule has 3 atom stereocenters. The van der Waals surface area contributed by atoms with Crippen molar-refractivity contribution in [1.82, 2.24) is 0 Å². The molecule has 0 aromatic rings. The summed E-state index contributed by atoms with van der Waals surface area (Å²) in [5.74, 6) is 3.28. The highest BCUT2D eigenvalue weighted by atomic mass is 14.4. The molecule has 2 rings (SSSR count). The van der Waals surface area contributed by atoms with Gasteiger partial charge in [0.25, 0.3) is 0 Å². The number of hydrogen-bond acceptors (Lipinski definition) is 0. The highest BCUT2D eigenvalue weighted by Gasteiger charge is 2.34. The predicted molar refractivity (Wildman–Crippen MR) is 62.2 cm³/mol. The maximum absolute atomic E-state index is 2.40. The van der Waals surface area contributed by atoms with Crippen LogP contribution in [0, 0.1) is 23.2 Å². The smallest absolute Gasteiger partial charge is 0.0380 e. The van der Waals surface area contributed by atoms with Crippen LogP contribution < -0.4 is 0 Å². The predicted octanol–water partition coefficient (Wildman–Crippen LogP) is 4.64. The fraction of sp³-hybridized carbons (Fsp3) is 1.00. The van der Waals surface area contributed by atoms with Crippen LogP contribution in [0.2, 0.25) is 0 Å². The third-order valence-electron chi connectivity index (χ3n) is 4.31. The molecule has 2 fully saturated rings. The Labute approximate surface area is 89.5 Å². The molecule has 2 aliphatic carbocycles. The third kappa shape index (κ3) is 2.52. The first kappa shape index (κ1) is 10.5. The second-order valence-corrected chi connectivity index (χ2v) is 6.89. The van der Waals surface area contributed by atoms with Crippen molar-refractivity contribution in [3.63, 3.8) is 0 Å². The Morgan fingerprint density at radius 1 is 1.00 bits per heavy atom. The molecule has 0 spiro atoms. The summed E-state index contributed by atoms with van der Waals surface area (Å²) >= 11 is 0. The van der Waals surface area contributed by atoms with Gasteiger partial charge in [-0.05, 0) is 42.4 Å². The van der Waals surface area contributed by atoms with E-state index in [1.165, 1.54) is 32.1 Å². The van der Waals surface area contributed by atoms with Crippen molar-refractivity contribution in [3.8, 4) is 0 Å². The second kappa shape index (κ2) is 3.87. The third-order valence-corrected chi connectivity index (χ3v) is 4.31. The van der Waals surface area contributed by atoms with E-state index in [1.807, 2.05) is 0 Å². The Bertz CT molecular complexity index is 187. The van der Waals surface area contributed by atoms with Crippen molar-refractivity contribution in [2.75, 3.05) is 0 Å². The van der Waals surface area contributed by atoms with E-state index in [2.05, 4.69) is 20.8 Å². The van der Waals surface area contributed by atoms with Crippen molar-refractivity contribution < 1.29 is 0 Å². The largest absolute Gasteiger partial charge is 0.0602 e. The SMILES string of the molecule is CC(C)(C)CC1CC[C@H]2CCC[C@@H]1C2. The Morgan fingerprint density at radius 2 is 1.79 bits per heavy atom. The summed E-state index contributed by atoms with van der Waals surface area (Å²) in [5.41, 5.74) is 0.551. The summed E-state index contributed by atoms with van der Waals surface area (Å²) < 4.78 is 0. The van der Waals surface area contributed by atoms with E-state index in [0.29, 0.717) is 5.41 Å². The minimum atomic E-state index is 0.551. The summed E-state index contributed by atoms with van der Waals surface area (Å²) in [6, 6.07) is 0. The molecule has 0 radical (unpaired) electrons. The van der Waals surface area contributed by atoms with Gasteiger partial charge in [0.05, 0.1) is 0 Å². The number of rotatable bonds is 1. The quantitative estimate of drug-likeness (QED) is 0.570. The van der Waals surface area contributed by atoms with Crippen molar-refractivity contribution in [3.05, 3.63) is 0 Å². The van der Waals surface area contributed by atoms with Gasteiger partial charge in [-0.1, -0.05) is 46.5 Å². The van der Waals surface area contributed by atoms with Gasteiger partial charge in [0.2, 0.25) is 0 Å². The van der Waals surface area contributed by atoms with Crippen LogP contribution in [-0.4, -0.2) is 0 Å². The van der Waals surface area contributed by atoms with Gasteiger partial charge >= 0.3 is 0 Å². The van der Waals surface area contributed by atoms with Crippen LogP contribution in [0.15, 0.2) is 0 Å². The molecule has 0 aliphatic heterocycles. The fourth-order valence-electron chi connectivity index (χ4n) is 3.76. The van der Waals surface area contributed by atoms with Gasteiger partial charge in [-0.15, -0.1) is 0 Å². The monoisotopic (exact) mass is 194 g/mol. The van der Waals surface area contributed by atoms with Crippen molar-refractivity contribution >= 4 is 0 Å². The zero-order chi connectivity index (χ0) is 10.2. The van der Waals surface area contributed by atoms with Crippen molar-refractivity contribution in [1.29, 1.82) is 0 Å². The average Bonchev–Trinajstić information content (AvgIpc) is 2.09. The molecule has 0 amide bonds. The molecule has 0 saturated heterocycles. The standard InChI is InChI=1S/C14H26/c1-14(2,3)10-13-8-7-11-5-4-6-12(13)9-11/h11-13H,4-10H2,1-3H3/t11-,12-,13?/m1/s1. The van der Waals surface area contributed by atoms with Crippen LogP contribution in [0.3, 0.4) is 0 Å². The maximum atomic E-state index is 2.40. The molecule has 0 N–H and O–H groups in total. The van der Waals surface area contributed by atoms with Crippen LogP contribution in [0.1, 0.15) is 65.7 Å². The molecule has 0 heteroatoms. The molecule has 0 heterocycles. The van der Waals surface area contributed by atoms with Crippen LogP contribution in [0.4, 0.5) is 0 Å². The minimum Gasteiger partial charge on any atom is -0.0602 e. The van der Waals surface area contributed by atoms with Gasteiger partial charge < -0.3 is 0 Å². The van der Waals surface area contributed by atoms with Crippen LogP contribution in [-0.2, 0) is 0 Å². The first-order valence-corrected chi connectivity index (χ1v) is 6.54. The molecular formula is C14H26. The van der Waals surface area contributed by atoms with Gasteiger partial charge in [0.15, 0.2) is 0 Å². The highest BCUT2D eigenvalue weighted by Crippen LogP contribution is 2.46. The van der Waals surface area contributed by atoms with E-state index < -0.39 is 0 Å². The summed E-state index contributed by atoms with van der Waals surface area (Å²) in [5, 5.41) is 0. The number of fused-ring (bicyclic) bond motifs is 2. The van der Waals surface area contributed by atoms with Crippen molar-refractivity contribution in [2.24, 2.45) is 23.2 Å². The van der Waals surface area contributed by atoms with Crippen LogP contribution in [0.25, 0.3) is 0 Å². The second-order valence-electron chi connectivity index (χ2n) is 6.89. The Morgan fingerprint density at radius 3 is 2.50 bits per heavy atom. The molecule has 2 bridgehead atoms. The first-order valence-electron chi connectivity index (χ1n) is 6.54. The van der Waals surface area contributed by atoms with E-state index in [1.54, 1.807) is 12.8 Å². The molecule has 2 saturated carbocycles. The zero-order valence-electron chi connectivity index (χ0n) is 10.2. The molecule has 14 heavy (non-hydrogen) atoms. The summed E-state index contributed by atoms with van der Waals surface area (Å²) in [7, 11) is 0. The highest BCUT2D eigenvalue weighted by molar-refractivity contribution is 4.86. The lowest BCUT2D eigenvalue weighted by Crippen LogP contribution is -2.31. The van der Waals surface area contributed by atoms with E-state index in [-0.39, 0.29) is 0 Å². The molecule has 82 valence electrons. The molecule has 1 unspecified atom stereocenters. The topological polar surface area (TPSA) is 0 Å². The van der Waals surface area contributed by atoms with Gasteiger partial charge in [-0.2, -0.15) is 0 Å². The van der Waals surface area contributed by atoms with Crippen LogP contribution in [0.5, 0.6) is 0 Å². The van der Waals surface area contributed by atoms with Gasteiger partial charge in [-0.25, -0.2) is 0 Å². The normalized spacial score (nSPS) is 38.4. The van der Waals surface area contributed by atoms with E-state index in [9.17, 15) is 0 Å². The maximum Gasteiger partial charge on any atom is -0.0380 e. The lowest BCUT2D eigenvalue weighted by molar-refractivity contribution is 0.0904. The molecule has 0 nitrogen and oxygen atoms in total. The van der Waals surface area contributed by atoms with E-state index in [0.717, 1.165) is 17.8 Å². The van der Waals surface area contributed by atoms with Crippen LogP contribution >= 0.6 is 0 Å². The van der Waals surface area contributed by atoms with Gasteiger partial charge in [0, 0.05) is 0 Å². The average molecular weight is 194 g/mol. The molecule has 0 aromatic carbocycles. The first-order chi connectivity index (χ1) is 6.54. The summed E-state index contributed by atoms with van der Waals surface area (Å²) in [4.78, 5) is 0. The Balaban J connectivity index is 1.93. The lowest BCUT2D eigenvalue weighted by atomic mass is 9.63. The fourth-order valence-corrected chi connectivity index (χ4v) is 3.76. The molecule has 2 aliphatic rings. The Kier molecular flexibility index (Phi) is 2.91. The molecular weight excluding hydrogens is 168 g/mol.